The molecule has 0 spiro atoms. The lowest BCUT2D eigenvalue weighted by Gasteiger charge is -2.22. The molecule has 0 radical (unpaired) electrons. The second-order valence-electron chi connectivity index (χ2n) is 5.59. The van der Waals surface area contributed by atoms with Crippen LogP contribution in [0.2, 0.25) is 0 Å². The maximum atomic E-state index is 9.42. The van der Waals surface area contributed by atoms with Crippen molar-refractivity contribution in [2.45, 2.75) is 25.9 Å². The number of rotatable bonds is 6. The molecule has 0 heterocycles. The fraction of sp³-hybridized carbons (Fsp3) is 0.333. The summed E-state index contributed by atoms with van der Waals surface area (Å²) in [6.07, 6.45) is 0.987. The van der Waals surface area contributed by atoms with Crippen LogP contribution in [0.4, 0.5) is 5.69 Å². The van der Waals surface area contributed by atoms with Crippen LogP contribution in [0, 0.1) is 0 Å². The highest BCUT2D eigenvalue weighted by atomic mass is 16.3. The van der Waals surface area contributed by atoms with Crippen molar-refractivity contribution in [3.05, 3.63) is 59.7 Å². The Morgan fingerprint density at radius 1 is 1.05 bits per heavy atom. The lowest BCUT2D eigenvalue weighted by molar-refractivity contribution is 0.403. The average molecular weight is 284 g/mol. The van der Waals surface area contributed by atoms with Gasteiger partial charge < -0.3 is 15.3 Å². The van der Waals surface area contributed by atoms with Crippen LogP contribution < -0.4 is 5.32 Å². The molecule has 2 aromatic rings. The number of hydrogen-bond acceptors (Lipinski definition) is 3. The molecule has 0 aliphatic heterocycles. The Morgan fingerprint density at radius 3 is 2.33 bits per heavy atom. The molecule has 0 saturated heterocycles. The number of aromatic hydroxyl groups is 1. The van der Waals surface area contributed by atoms with Gasteiger partial charge in [0.05, 0.1) is 6.04 Å². The van der Waals surface area contributed by atoms with Gasteiger partial charge in [0.2, 0.25) is 0 Å². The smallest absolute Gasteiger partial charge is 0.115 e. The number of phenols is 1. The molecule has 2 rings (SSSR count). The fourth-order valence-electron chi connectivity index (χ4n) is 2.46. The van der Waals surface area contributed by atoms with E-state index in [0.29, 0.717) is 5.75 Å². The summed E-state index contributed by atoms with van der Waals surface area (Å²) in [4.78, 5) is 2.17. The Kier molecular flexibility index (Phi) is 5.23. The van der Waals surface area contributed by atoms with Gasteiger partial charge in [0, 0.05) is 12.2 Å². The Bertz CT molecular complexity index is 564. The molecule has 0 saturated carbocycles. The van der Waals surface area contributed by atoms with Gasteiger partial charge in [0.1, 0.15) is 5.75 Å². The van der Waals surface area contributed by atoms with E-state index in [9.17, 15) is 5.11 Å². The highest BCUT2D eigenvalue weighted by Crippen LogP contribution is 2.26. The third-order valence-electron chi connectivity index (χ3n) is 3.54. The molecule has 2 N–H and O–H groups in total. The van der Waals surface area contributed by atoms with Crippen LogP contribution in [-0.4, -0.2) is 24.1 Å². The Labute approximate surface area is 127 Å². The lowest BCUT2D eigenvalue weighted by Crippen LogP contribution is -2.15. The van der Waals surface area contributed by atoms with Gasteiger partial charge in [-0.1, -0.05) is 37.3 Å². The van der Waals surface area contributed by atoms with Crippen LogP contribution in [0.15, 0.2) is 48.5 Å². The second kappa shape index (κ2) is 7.14. The molecule has 0 aliphatic carbocycles. The largest absolute Gasteiger partial charge is 0.508 e. The van der Waals surface area contributed by atoms with Crippen molar-refractivity contribution in [1.29, 1.82) is 0 Å². The molecular weight excluding hydrogens is 260 g/mol. The minimum Gasteiger partial charge on any atom is -0.508 e. The number of nitrogens with one attached hydrogen (secondary N) is 1. The summed E-state index contributed by atoms with van der Waals surface area (Å²) < 4.78 is 0. The van der Waals surface area contributed by atoms with E-state index >= 15 is 0 Å². The Hall–Kier alpha value is -2.00. The van der Waals surface area contributed by atoms with Crippen molar-refractivity contribution < 1.29 is 5.11 Å². The Balaban J connectivity index is 2.20. The molecule has 1 unspecified atom stereocenters. The van der Waals surface area contributed by atoms with Gasteiger partial charge in [-0.25, -0.2) is 0 Å². The molecule has 0 aromatic heterocycles. The molecule has 1 atom stereocenters. The van der Waals surface area contributed by atoms with Gasteiger partial charge in [0.25, 0.3) is 0 Å². The van der Waals surface area contributed by atoms with E-state index in [4.69, 9.17) is 0 Å². The SMILES string of the molecule is CCC(Nc1ccccc1CN(C)C)c1ccc(O)cc1. The van der Waals surface area contributed by atoms with Crippen molar-refractivity contribution >= 4 is 5.69 Å². The van der Waals surface area contributed by atoms with E-state index in [1.165, 1.54) is 16.8 Å². The van der Waals surface area contributed by atoms with Crippen molar-refractivity contribution in [2.24, 2.45) is 0 Å². The summed E-state index contributed by atoms with van der Waals surface area (Å²) in [7, 11) is 4.15. The molecule has 0 fully saturated rings. The quantitative estimate of drug-likeness (QED) is 0.841. The zero-order valence-corrected chi connectivity index (χ0v) is 13.0. The Morgan fingerprint density at radius 2 is 1.71 bits per heavy atom. The van der Waals surface area contributed by atoms with Crippen molar-refractivity contribution in [3.63, 3.8) is 0 Å². The van der Waals surface area contributed by atoms with E-state index in [0.717, 1.165) is 13.0 Å². The van der Waals surface area contributed by atoms with Crippen LogP contribution in [-0.2, 0) is 6.54 Å². The molecule has 21 heavy (non-hydrogen) atoms. The minimum absolute atomic E-state index is 0.244. The predicted molar refractivity (Wildman–Crippen MR) is 88.6 cm³/mol. The van der Waals surface area contributed by atoms with E-state index < -0.39 is 0 Å². The molecule has 112 valence electrons. The summed E-state index contributed by atoms with van der Waals surface area (Å²) in [5.41, 5.74) is 3.65. The fourth-order valence-corrected chi connectivity index (χ4v) is 2.46. The maximum absolute atomic E-state index is 9.42. The standard InChI is InChI=1S/C18H24N2O/c1-4-17(14-9-11-16(21)12-10-14)19-18-8-6-5-7-15(18)13-20(2)3/h5-12,17,19,21H,4,13H2,1-3H3. The number of benzene rings is 2. The van der Waals surface area contributed by atoms with E-state index in [1.54, 1.807) is 12.1 Å². The van der Waals surface area contributed by atoms with E-state index in [2.05, 4.69) is 55.5 Å². The first kappa shape index (κ1) is 15.4. The molecule has 2 aromatic carbocycles. The number of para-hydroxylation sites is 1. The topological polar surface area (TPSA) is 35.5 Å². The van der Waals surface area contributed by atoms with E-state index in [1.807, 2.05) is 12.1 Å². The van der Waals surface area contributed by atoms with Crippen LogP contribution in [0.3, 0.4) is 0 Å². The third-order valence-corrected chi connectivity index (χ3v) is 3.54. The van der Waals surface area contributed by atoms with Gasteiger partial charge in [-0.2, -0.15) is 0 Å². The van der Waals surface area contributed by atoms with Crippen molar-refractivity contribution in [2.75, 3.05) is 19.4 Å². The summed E-state index contributed by atoms with van der Waals surface area (Å²) in [6.45, 7) is 3.08. The molecule has 3 nitrogen and oxygen atoms in total. The summed E-state index contributed by atoms with van der Waals surface area (Å²) in [5, 5.41) is 13.0. The van der Waals surface area contributed by atoms with Crippen LogP contribution in [0.1, 0.15) is 30.5 Å². The summed E-state index contributed by atoms with van der Waals surface area (Å²) in [5.74, 6) is 0.307. The predicted octanol–water partition coefficient (Wildman–Crippen LogP) is 4.02. The van der Waals surface area contributed by atoms with Gasteiger partial charge in [0.15, 0.2) is 0 Å². The molecule has 0 bridgehead atoms. The lowest BCUT2D eigenvalue weighted by atomic mass is 10.0. The van der Waals surface area contributed by atoms with Gasteiger partial charge in [-0.05, 0) is 49.8 Å². The summed E-state index contributed by atoms with van der Waals surface area (Å²) >= 11 is 0. The molecular formula is C18H24N2O. The van der Waals surface area contributed by atoms with Crippen molar-refractivity contribution in [3.8, 4) is 5.75 Å². The first-order chi connectivity index (χ1) is 10.1. The highest BCUT2D eigenvalue weighted by molar-refractivity contribution is 5.52. The normalized spacial score (nSPS) is 12.4. The zero-order valence-electron chi connectivity index (χ0n) is 13.0. The van der Waals surface area contributed by atoms with Crippen LogP contribution >= 0.6 is 0 Å². The summed E-state index contributed by atoms with van der Waals surface area (Å²) in [6, 6.07) is 16.1. The average Bonchev–Trinajstić information content (AvgIpc) is 2.47. The van der Waals surface area contributed by atoms with Gasteiger partial charge in [-0.15, -0.1) is 0 Å². The van der Waals surface area contributed by atoms with Crippen LogP contribution in [0.25, 0.3) is 0 Å². The first-order valence-electron chi connectivity index (χ1n) is 7.38. The first-order valence-corrected chi connectivity index (χ1v) is 7.38. The van der Waals surface area contributed by atoms with Gasteiger partial charge in [-0.3, -0.25) is 0 Å². The molecule has 3 heteroatoms. The number of anilines is 1. The number of nitrogens with zero attached hydrogens (tertiary/aromatic N) is 1. The van der Waals surface area contributed by atoms with Gasteiger partial charge >= 0.3 is 0 Å². The number of phenolic OH excluding ortho intramolecular Hbond substituents is 1. The minimum atomic E-state index is 0.244. The van der Waals surface area contributed by atoms with Crippen molar-refractivity contribution in [1.82, 2.24) is 4.90 Å². The highest BCUT2D eigenvalue weighted by Gasteiger charge is 2.11. The van der Waals surface area contributed by atoms with E-state index in [-0.39, 0.29) is 6.04 Å². The maximum Gasteiger partial charge on any atom is 0.115 e. The second-order valence-corrected chi connectivity index (χ2v) is 5.59. The monoisotopic (exact) mass is 284 g/mol. The molecule has 0 amide bonds. The van der Waals surface area contributed by atoms with Crippen LogP contribution in [0.5, 0.6) is 5.75 Å². The third kappa shape index (κ3) is 4.23. The number of hydrogen-bond donors (Lipinski definition) is 2. The zero-order chi connectivity index (χ0) is 15.2. The molecule has 0 aliphatic rings.